The minimum atomic E-state index is -0.584. The molecule has 0 radical (unpaired) electrons. The lowest BCUT2D eigenvalue weighted by molar-refractivity contribution is 0.0495. The predicted molar refractivity (Wildman–Crippen MR) is 43.6 cm³/mol. The van der Waals surface area contributed by atoms with E-state index in [9.17, 15) is 4.79 Å². The van der Waals surface area contributed by atoms with E-state index in [1.165, 1.54) is 0 Å². The number of nitrogens with zero attached hydrogens (tertiary/aromatic N) is 1. The second-order valence-corrected chi connectivity index (χ2v) is 2.86. The van der Waals surface area contributed by atoms with Crippen LogP contribution in [-0.2, 0) is 17.8 Å². The number of H-pyrrole nitrogens is 1. The minimum Gasteiger partial charge on any atom is -0.368 e. The van der Waals surface area contributed by atoms with Gasteiger partial charge in [-0.15, -0.1) is 0 Å². The third-order valence-electron chi connectivity index (χ3n) is 2.11. The fourth-order valence-electron chi connectivity index (χ4n) is 1.47. The van der Waals surface area contributed by atoms with Gasteiger partial charge in [-0.3, -0.25) is 5.10 Å². The molecular formula is C7H10N4O2. The highest BCUT2D eigenvalue weighted by atomic mass is 16.7. The highest BCUT2D eigenvalue weighted by Crippen LogP contribution is 2.15. The summed E-state index contributed by atoms with van der Waals surface area (Å²) in [6, 6.07) is 0. The maximum absolute atomic E-state index is 11.1. The number of fused-ring (bicyclic) bond motifs is 1. The first-order valence-electron chi connectivity index (χ1n) is 4.01. The number of carbonyl (C=O) groups excluding carboxylic acids is 1. The van der Waals surface area contributed by atoms with Gasteiger partial charge in [-0.25, -0.2) is 4.79 Å². The van der Waals surface area contributed by atoms with Gasteiger partial charge in [0.2, 0.25) is 0 Å². The monoisotopic (exact) mass is 182 g/mol. The second kappa shape index (κ2) is 3.15. The minimum absolute atomic E-state index is 0.305. The van der Waals surface area contributed by atoms with Crippen molar-refractivity contribution in [3.63, 3.8) is 0 Å². The Morgan fingerprint density at radius 1 is 1.62 bits per heavy atom. The van der Waals surface area contributed by atoms with Crippen LogP contribution in [0, 0.1) is 0 Å². The molecule has 0 unspecified atom stereocenters. The van der Waals surface area contributed by atoms with Crippen molar-refractivity contribution in [1.82, 2.24) is 15.5 Å². The quantitative estimate of drug-likeness (QED) is 0.489. The molecule has 0 saturated heterocycles. The zero-order chi connectivity index (χ0) is 9.26. The van der Waals surface area contributed by atoms with E-state index in [1.807, 2.05) is 0 Å². The van der Waals surface area contributed by atoms with Crippen LogP contribution in [0.3, 0.4) is 0 Å². The molecule has 0 bridgehead atoms. The van der Waals surface area contributed by atoms with Crippen molar-refractivity contribution in [3.05, 3.63) is 17.0 Å². The van der Waals surface area contributed by atoms with Crippen LogP contribution >= 0.6 is 0 Å². The summed E-state index contributed by atoms with van der Waals surface area (Å²) in [7, 11) is 0. The summed E-state index contributed by atoms with van der Waals surface area (Å²) in [5, 5.41) is 9.78. The highest BCUT2D eigenvalue weighted by Gasteiger charge is 2.21. The summed E-state index contributed by atoms with van der Waals surface area (Å²) in [5.41, 5.74) is 2.15. The zero-order valence-electron chi connectivity index (χ0n) is 6.96. The molecule has 1 aliphatic heterocycles. The van der Waals surface area contributed by atoms with Crippen molar-refractivity contribution in [1.29, 1.82) is 0 Å². The van der Waals surface area contributed by atoms with Crippen LogP contribution in [0.5, 0.6) is 0 Å². The molecule has 0 amide bonds. The summed E-state index contributed by atoms with van der Waals surface area (Å²) in [6.07, 6.45) is 0.774. The van der Waals surface area contributed by atoms with Crippen LogP contribution in [0.15, 0.2) is 0 Å². The molecule has 0 atom stereocenters. The van der Waals surface area contributed by atoms with Crippen molar-refractivity contribution in [2.45, 2.75) is 13.0 Å². The fourth-order valence-corrected chi connectivity index (χ4v) is 1.47. The summed E-state index contributed by atoms with van der Waals surface area (Å²) in [4.78, 5) is 15.2. The third kappa shape index (κ3) is 1.30. The van der Waals surface area contributed by atoms with Gasteiger partial charge >= 0.3 is 5.97 Å². The fraction of sp³-hybridized carbons (Fsp3) is 0.429. The average molecular weight is 182 g/mol. The number of hydrogen-bond acceptors (Lipinski definition) is 5. The molecule has 2 rings (SSSR count). The number of aromatic amines is 1. The van der Waals surface area contributed by atoms with E-state index in [2.05, 4.69) is 20.4 Å². The van der Waals surface area contributed by atoms with Gasteiger partial charge in [0.1, 0.15) is 0 Å². The Kier molecular flexibility index (Phi) is 1.99. The number of carbonyl (C=O) groups is 1. The number of hydrogen-bond donors (Lipinski definition) is 3. The van der Waals surface area contributed by atoms with E-state index in [4.69, 9.17) is 5.90 Å². The standard InChI is InChI=1S/C7H10N4O2/c8-13-7(12)6-4-1-2-9-3-5(4)10-11-6/h9H,1-3,8H2,(H,10,11). The lowest BCUT2D eigenvalue weighted by Crippen LogP contribution is -2.24. The van der Waals surface area contributed by atoms with Gasteiger partial charge in [-0.2, -0.15) is 11.0 Å². The molecule has 6 heteroatoms. The van der Waals surface area contributed by atoms with Crippen molar-refractivity contribution in [2.24, 2.45) is 5.90 Å². The summed E-state index contributed by atoms with van der Waals surface area (Å²) < 4.78 is 0. The lowest BCUT2D eigenvalue weighted by Gasteiger charge is -2.11. The third-order valence-corrected chi connectivity index (χ3v) is 2.11. The topological polar surface area (TPSA) is 93.0 Å². The molecule has 0 aromatic carbocycles. The van der Waals surface area contributed by atoms with Gasteiger partial charge < -0.3 is 10.2 Å². The number of nitrogens with one attached hydrogen (secondary N) is 2. The number of rotatable bonds is 1. The Morgan fingerprint density at radius 3 is 3.23 bits per heavy atom. The second-order valence-electron chi connectivity index (χ2n) is 2.86. The van der Waals surface area contributed by atoms with E-state index in [1.54, 1.807) is 0 Å². The van der Waals surface area contributed by atoms with Gasteiger partial charge in [0.15, 0.2) is 5.69 Å². The van der Waals surface area contributed by atoms with Gasteiger partial charge in [0.05, 0.1) is 5.69 Å². The van der Waals surface area contributed by atoms with Crippen molar-refractivity contribution in [3.8, 4) is 0 Å². The van der Waals surface area contributed by atoms with E-state index in [0.717, 1.165) is 24.2 Å². The first-order chi connectivity index (χ1) is 6.33. The maximum atomic E-state index is 11.1. The number of nitrogens with two attached hydrogens (primary N) is 1. The Labute approximate surface area is 74.4 Å². The Balaban J connectivity index is 2.36. The molecule has 0 spiro atoms. The maximum Gasteiger partial charge on any atom is 0.377 e. The van der Waals surface area contributed by atoms with Crippen LogP contribution in [0.1, 0.15) is 21.7 Å². The molecule has 6 nitrogen and oxygen atoms in total. The molecule has 0 aliphatic carbocycles. The SMILES string of the molecule is NOC(=O)c1n[nH]c2c1CCNC2. The Morgan fingerprint density at radius 2 is 2.46 bits per heavy atom. The summed E-state index contributed by atoms with van der Waals surface area (Å²) in [6.45, 7) is 1.55. The lowest BCUT2D eigenvalue weighted by atomic mass is 10.1. The summed E-state index contributed by atoms with van der Waals surface area (Å²) >= 11 is 0. The molecule has 13 heavy (non-hydrogen) atoms. The number of aromatic nitrogens is 2. The molecule has 1 aromatic rings. The molecule has 0 saturated carbocycles. The molecule has 0 fully saturated rings. The van der Waals surface area contributed by atoms with Gasteiger partial charge in [-0.05, 0) is 13.0 Å². The smallest absolute Gasteiger partial charge is 0.368 e. The van der Waals surface area contributed by atoms with Crippen molar-refractivity contribution in [2.75, 3.05) is 6.54 Å². The van der Waals surface area contributed by atoms with Gasteiger partial charge in [0.25, 0.3) is 0 Å². The van der Waals surface area contributed by atoms with E-state index < -0.39 is 5.97 Å². The molecular weight excluding hydrogens is 172 g/mol. The first kappa shape index (κ1) is 8.21. The molecule has 2 heterocycles. The zero-order valence-corrected chi connectivity index (χ0v) is 6.96. The van der Waals surface area contributed by atoms with Gasteiger partial charge in [0, 0.05) is 12.1 Å². The molecule has 1 aliphatic rings. The highest BCUT2D eigenvalue weighted by molar-refractivity contribution is 5.89. The van der Waals surface area contributed by atoms with E-state index in [0.29, 0.717) is 12.2 Å². The van der Waals surface area contributed by atoms with Crippen LogP contribution in [-0.4, -0.2) is 22.7 Å². The van der Waals surface area contributed by atoms with E-state index >= 15 is 0 Å². The average Bonchev–Trinajstić information content (AvgIpc) is 2.60. The van der Waals surface area contributed by atoms with Crippen LogP contribution < -0.4 is 11.2 Å². The normalized spacial score (nSPS) is 15.2. The molecule has 4 N–H and O–H groups in total. The van der Waals surface area contributed by atoms with Crippen molar-refractivity contribution < 1.29 is 9.63 Å². The molecule has 70 valence electrons. The van der Waals surface area contributed by atoms with Crippen LogP contribution in [0.2, 0.25) is 0 Å². The van der Waals surface area contributed by atoms with E-state index in [-0.39, 0.29) is 0 Å². The molecule has 1 aromatic heterocycles. The van der Waals surface area contributed by atoms with Crippen molar-refractivity contribution >= 4 is 5.97 Å². The Hall–Kier alpha value is -1.40. The van der Waals surface area contributed by atoms with Crippen LogP contribution in [0.25, 0.3) is 0 Å². The van der Waals surface area contributed by atoms with Crippen LogP contribution in [0.4, 0.5) is 0 Å². The Bertz CT molecular complexity index is 333. The largest absolute Gasteiger partial charge is 0.377 e. The predicted octanol–water partition coefficient (Wildman–Crippen LogP) is -0.914. The summed E-state index contributed by atoms with van der Waals surface area (Å²) in [5.74, 6) is 4.19. The van der Waals surface area contributed by atoms with Gasteiger partial charge in [-0.1, -0.05) is 0 Å². The first-order valence-corrected chi connectivity index (χ1v) is 4.01.